The van der Waals surface area contributed by atoms with E-state index in [1.165, 1.54) is 0 Å². The van der Waals surface area contributed by atoms with Crippen LogP contribution in [0.25, 0.3) is 0 Å². The van der Waals surface area contributed by atoms with Crippen molar-refractivity contribution in [1.29, 1.82) is 0 Å². The third-order valence-electron chi connectivity index (χ3n) is 3.50. The number of hydrogen-bond acceptors (Lipinski definition) is 16. The van der Waals surface area contributed by atoms with Crippen LogP contribution < -0.4 is 40.9 Å². The molecule has 0 aliphatic heterocycles. The van der Waals surface area contributed by atoms with Crippen molar-refractivity contribution in [2.24, 2.45) is 0 Å². The summed E-state index contributed by atoms with van der Waals surface area (Å²) in [6.07, 6.45) is 6.47. The molecule has 0 aliphatic carbocycles. The van der Waals surface area contributed by atoms with Crippen LogP contribution in [0.4, 0.5) is 0 Å². The van der Waals surface area contributed by atoms with Crippen molar-refractivity contribution < 1.29 is 150 Å². The van der Waals surface area contributed by atoms with Gasteiger partial charge in [-0.25, -0.2) is 0 Å². The largest absolute Gasteiger partial charge is 2.00 e. The number of carbonyl (C=O) groups excluding carboxylic acids is 4. The van der Waals surface area contributed by atoms with Crippen molar-refractivity contribution in [2.75, 3.05) is 0 Å². The first-order valence-corrected chi connectivity index (χ1v) is 13.3. The van der Waals surface area contributed by atoms with E-state index >= 15 is 0 Å². The molecule has 0 bridgehead atoms. The summed E-state index contributed by atoms with van der Waals surface area (Å²) in [6, 6.07) is 21.2. The Morgan fingerprint density at radius 2 is 0.500 bits per heavy atom. The molecule has 0 unspecified atom stereocenters. The molecule has 56 heavy (non-hydrogen) atoms. The molecule has 0 amide bonds. The Balaban J connectivity index is -0.0000000395. The second kappa shape index (κ2) is 66.1. The molecule has 4 rings (SSSR count). The van der Waals surface area contributed by atoms with Gasteiger partial charge in [0.25, 0.3) is 0 Å². The van der Waals surface area contributed by atoms with Crippen LogP contribution in [0.15, 0.2) is 97.6 Å². The third-order valence-corrected chi connectivity index (χ3v) is 3.50. The number of carboxylic acid groups (broad SMARTS) is 4. The quantitative estimate of drug-likeness (QED) is 0.171. The topological polar surface area (TPSA) is 430 Å². The maximum Gasteiger partial charge on any atom is 2.00 e. The average Bonchev–Trinajstić information content (AvgIpc) is 3.06. The van der Waals surface area contributed by atoms with Crippen molar-refractivity contribution in [3.63, 3.8) is 0 Å². The van der Waals surface area contributed by atoms with E-state index in [-0.39, 0.29) is 117 Å². The van der Waals surface area contributed by atoms with Crippen LogP contribution in [0, 0.1) is 0 Å². The van der Waals surface area contributed by atoms with E-state index in [2.05, 4.69) is 19.9 Å². The van der Waals surface area contributed by atoms with Crippen molar-refractivity contribution in [2.45, 2.75) is 54.1 Å². The second-order valence-electron chi connectivity index (χ2n) is 7.83. The molecule has 0 aromatic carbocycles. The van der Waals surface area contributed by atoms with Gasteiger partial charge in [0.1, 0.15) is 0 Å². The summed E-state index contributed by atoms with van der Waals surface area (Å²) in [7, 11) is 0. The minimum absolute atomic E-state index is 0. The summed E-state index contributed by atoms with van der Waals surface area (Å²) in [5.74, 6) is -4.33. The maximum absolute atomic E-state index is 10.1. The van der Waals surface area contributed by atoms with Gasteiger partial charge in [0.05, 0.1) is 0 Å². The van der Waals surface area contributed by atoms with Gasteiger partial charge < -0.3 is 81.9 Å². The SMILES string of the molecule is CC(=O)[O-].CC(=O)[O-].CC(=O)[O-].CC(=O)[O-].O.O.O.O.[Cu+2].[Cu+2].[Cu+2].[Cu+2].[O-]Cc1ccccn1.[O-]Cc1ccccn1.[O-]Cc1ccccn1.[O-]Cc1ccccn1. The molecular formula is C32H44Cu4N4O16. The first-order valence-electron chi connectivity index (χ1n) is 13.3. The molecule has 4 radical (unpaired) electrons. The van der Waals surface area contributed by atoms with E-state index in [4.69, 9.17) is 39.6 Å². The number of carbonyl (C=O) groups is 4. The molecule has 0 saturated heterocycles. The van der Waals surface area contributed by atoms with E-state index in [1.54, 1.807) is 97.6 Å². The van der Waals surface area contributed by atoms with Crippen LogP contribution in [-0.4, -0.2) is 65.7 Å². The van der Waals surface area contributed by atoms with Crippen LogP contribution in [0.2, 0.25) is 0 Å². The van der Waals surface area contributed by atoms with Gasteiger partial charge in [0.2, 0.25) is 0 Å². The van der Waals surface area contributed by atoms with E-state index in [9.17, 15) is 20.4 Å². The number of pyridine rings is 4. The molecule has 20 nitrogen and oxygen atoms in total. The van der Waals surface area contributed by atoms with Gasteiger partial charge in [-0.05, 0) is 76.2 Å². The van der Waals surface area contributed by atoms with Gasteiger partial charge in [0.15, 0.2) is 0 Å². The van der Waals surface area contributed by atoms with Gasteiger partial charge in [-0.2, -0.15) is 0 Å². The minimum atomic E-state index is -1.08. The smallest absolute Gasteiger partial charge is 0.850 e. The fraction of sp³-hybridized carbons (Fsp3) is 0.250. The predicted octanol–water partition coefficient (Wildman–Crippen LogP) is -8.52. The van der Waals surface area contributed by atoms with Crippen LogP contribution in [0.1, 0.15) is 50.5 Å². The fourth-order valence-electron chi connectivity index (χ4n) is 1.93. The summed E-state index contributed by atoms with van der Waals surface area (Å²) in [5, 5.41) is 75.8. The number of aliphatic carboxylic acids is 4. The van der Waals surface area contributed by atoms with Crippen LogP contribution in [0.5, 0.6) is 0 Å². The molecule has 8 N–H and O–H groups in total. The molecule has 0 aliphatic rings. The number of nitrogens with zero attached hydrogens (tertiary/aromatic N) is 4. The molecule has 0 spiro atoms. The number of rotatable bonds is 4. The van der Waals surface area contributed by atoms with Crippen LogP contribution >= 0.6 is 0 Å². The predicted molar refractivity (Wildman–Crippen MR) is 169 cm³/mol. The minimum Gasteiger partial charge on any atom is -0.850 e. The zero-order chi connectivity index (χ0) is 37.6. The van der Waals surface area contributed by atoms with Gasteiger partial charge in [0, 0.05) is 71.4 Å². The first-order chi connectivity index (χ1) is 22.7. The second-order valence-corrected chi connectivity index (χ2v) is 7.83. The Labute approximate surface area is 366 Å². The molecule has 0 saturated carbocycles. The number of aromatic nitrogens is 4. The average molecular weight is 995 g/mol. The normalized spacial score (nSPS) is 7.00. The molecule has 4 heterocycles. The van der Waals surface area contributed by atoms with Crippen molar-refractivity contribution in [1.82, 2.24) is 19.9 Å². The van der Waals surface area contributed by atoms with Gasteiger partial charge >= 0.3 is 68.3 Å². The Kier molecular flexibility index (Phi) is 99.9. The Morgan fingerprint density at radius 3 is 0.554 bits per heavy atom. The summed E-state index contributed by atoms with van der Waals surface area (Å²) in [6.45, 7) is 3.00. The summed E-state index contributed by atoms with van der Waals surface area (Å²) >= 11 is 0. The summed E-state index contributed by atoms with van der Waals surface area (Å²) in [5.41, 5.74) is 2.42. The number of hydrogen-bond donors (Lipinski definition) is 0. The molecule has 0 fully saturated rings. The fourth-order valence-corrected chi connectivity index (χ4v) is 1.93. The Morgan fingerprint density at radius 1 is 0.375 bits per heavy atom. The van der Waals surface area contributed by atoms with E-state index in [0.29, 0.717) is 22.8 Å². The molecule has 332 valence electrons. The first kappa shape index (κ1) is 84.7. The summed E-state index contributed by atoms with van der Waals surface area (Å²) < 4.78 is 0. The van der Waals surface area contributed by atoms with E-state index in [0.717, 1.165) is 27.7 Å². The van der Waals surface area contributed by atoms with Gasteiger partial charge in [-0.3, -0.25) is 19.9 Å². The molecule has 4 aromatic rings. The molecule has 4 aromatic heterocycles. The molecule has 24 heteroatoms. The van der Waals surface area contributed by atoms with Crippen molar-refractivity contribution >= 4 is 23.9 Å². The van der Waals surface area contributed by atoms with E-state index < -0.39 is 23.9 Å². The van der Waals surface area contributed by atoms with Crippen LogP contribution in [0.3, 0.4) is 0 Å². The standard InChI is InChI=1S/4C6H6NO.4C2H4O2.4Cu.4H2O/c4*8-5-6-3-1-2-4-7-6;4*1-2(3)4;;;;;;;;/h4*1-4H,5H2;4*1H3,(H,3,4);;;;;4*1H2/q4*-1;;;;;4*+2;;;;/p-4. The van der Waals surface area contributed by atoms with Gasteiger partial charge in [-0.1, -0.05) is 50.7 Å². The molecule has 0 atom stereocenters. The maximum atomic E-state index is 10.1. The van der Waals surface area contributed by atoms with E-state index in [1.807, 2.05) is 0 Å². The number of carboxylic acids is 4. The van der Waals surface area contributed by atoms with Crippen molar-refractivity contribution in [3.8, 4) is 0 Å². The molecular weight excluding hydrogens is 951 g/mol. The van der Waals surface area contributed by atoms with Gasteiger partial charge in [-0.15, -0.1) is 0 Å². The van der Waals surface area contributed by atoms with Crippen LogP contribution in [-0.2, 0) is 114 Å². The third kappa shape index (κ3) is 92.7. The zero-order valence-corrected chi connectivity index (χ0v) is 33.7. The Hall–Kier alpha value is -3.76. The monoisotopic (exact) mass is 992 g/mol. The Bertz CT molecular complexity index is 1110. The zero-order valence-electron chi connectivity index (χ0n) is 30.0. The van der Waals surface area contributed by atoms with Crippen molar-refractivity contribution in [3.05, 3.63) is 120 Å². The summed E-state index contributed by atoms with van der Waals surface area (Å²) in [4.78, 5) is 50.7.